The minimum absolute atomic E-state index is 0.0114. The normalized spacial score (nSPS) is 12.1. The molecule has 0 amide bonds. The molecule has 0 aliphatic rings. The van der Waals surface area contributed by atoms with Gasteiger partial charge in [0.15, 0.2) is 0 Å². The summed E-state index contributed by atoms with van der Waals surface area (Å²) in [5, 5.41) is -0.0114. The van der Waals surface area contributed by atoms with Gasteiger partial charge in [-0.2, -0.15) is 0 Å². The molecule has 1 rings (SSSR count). The molecule has 0 aliphatic heterocycles. The molecule has 0 saturated heterocycles. The Morgan fingerprint density at radius 2 is 1.93 bits per heavy atom. The van der Waals surface area contributed by atoms with E-state index < -0.39 is 0 Å². The lowest BCUT2D eigenvalue weighted by atomic mass is 10.2. The van der Waals surface area contributed by atoms with E-state index in [9.17, 15) is 4.79 Å². The maximum atomic E-state index is 11.0. The van der Waals surface area contributed by atoms with E-state index in [-0.39, 0.29) is 11.0 Å². The number of carbonyl (C=O) groups excluding carboxylic acids is 1. The van der Waals surface area contributed by atoms with Gasteiger partial charge in [-0.05, 0) is 19.4 Å². The number of thioether (sulfide) groups is 1. The predicted octanol–water partition coefficient (Wildman–Crippen LogP) is 3.37. The molecule has 0 heterocycles. The molecular weight excluding hydrogens is 192 g/mol. The Balaban J connectivity index is 2.64. The zero-order chi connectivity index (χ0) is 10.6. The highest BCUT2D eigenvalue weighted by atomic mass is 32.2. The molecule has 1 aromatic carbocycles. The molecule has 0 spiro atoms. The van der Waals surface area contributed by atoms with E-state index in [2.05, 4.69) is 6.58 Å². The summed E-state index contributed by atoms with van der Waals surface area (Å²) in [6, 6.07) is 9.92. The number of carbonyl (C=O) groups is 1. The van der Waals surface area contributed by atoms with E-state index in [1.165, 1.54) is 11.8 Å². The van der Waals surface area contributed by atoms with Gasteiger partial charge in [-0.15, -0.1) is 11.8 Å². The van der Waals surface area contributed by atoms with Gasteiger partial charge in [0.05, 0.1) is 5.25 Å². The van der Waals surface area contributed by atoms with Crippen molar-refractivity contribution in [1.29, 1.82) is 0 Å². The summed E-state index contributed by atoms with van der Waals surface area (Å²) < 4.78 is 0. The quantitative estimate of drug-likeness (QED) is 0.751. The standard InChI is InChI=1S/C12H14OS/c1-9(13)10(2)14-11(3)12-7-5-4-6-8-12/h4-8,10H,3H2,1-2H3. The first-order valence-corrected chi connectivity index (χ1v) is 5.40. The van der Waals surface area contributed by atoms with Gasteiger partial charge in [0, 0.05) is 4.91 Å². The number of hydrogen-bond donors (Lipinski definition) is 0. The van der Waals surface area contributed by atoms with Crippen LogP contribution in [0.15, 0.2) is 36.9 Å². The van der Waals surface area contributed by atoms with Crippen LogP contribution in [0.4, 0.5) is 0 Å². The Hall–Kier alpha value is -1.02. The van der Waals surface area contributed by atoms with E-state index in [0.29, 0.717) is 0 Å². The molecule has 0 N–H and O–H groups in total. The van der Waals surface area contributed by atoms with Gasteiger partial charge < -0.3 is 0 Å². The summed E-state index contributed by atoms with van der Waals surface area (Å²) in [5.41, 5.74) is 1.09. The number of benzene rings is 1. The van der Waals surface area contributed by atoms with Crippen LogP contribution in [-0.4, -0.2) is 11.0 Å². The van der Waals surface area contributed by atoms with Crippen LogP contribution in [0, 0.1) is 0 Å². The van der Waals surface area contributed by atoms with Crippen molar-refractivity contribution in [3.05, 3.63) is 42.5 Å². The molecule has 1 unspecified atom stereocenters. The van der Waals surface area contributed by atoms with Crippen LogP contribution in [-0.2, 0) is 4.79 Å². The molecular formula is C12H14OS. The van der Waals surface area contributed by atoms with E-state index >= 15 is 0 Å². The zero-order valence-electron chi connectivity index (χ0n) is 8.49. The Morgan fingerprint density at radius 1 is 1.36 bits per heavy atom. The van der Waals surface area contributed by atoms with Crippen molar-refractivity contribution >= 4 is 22.5 Å². The fraction of sp³-hybridized carbons (Fsp3) is 0.250. The van der Waals surface area contributed by atoms with Crippen molar-refractivity contribution < 1.29 is 4.79 Å². The smallest absolute Gasteiger partial charge is 0.142 e. The number of hydrogen-bond acceptors (Lipinski definition) is 2. The Morgan fingerprint density at radius 3 is 2.43 bits per heavy atom. The first-order valence-electron chi connectivity index (χ1n) is 4.52. The highest BCUT2D eigenvalue weighted by molar-refractivity contribution is 8.09. The summed E-state index contributed by atoms with van der Waals surface area (Å²) >= 11 is 1.52. The molecule has 1 nitrogen and oxygen atoms in total. The average molecular weight is 206 g/mol. The third-order valence-electron chi connectivity index (χ3n) is 1.99. The molecule has 0 aliphatic carbocycles. The van der Waals surface area contributed by atoms with Crippen molar-refractivity contribution in [2.45, 2.75) is 19.1 Å². The Bertz CT molecular complexity index is 329. The van der Waals surface area contributed by atoms with Gasteiger partial charge in [0.1, 0.15) is 5.78 Å². The van der Waals surface area contributed by atoms with Gasteiger partial charge in [-0.25, -0.2) is 0 Å². The van der Waals surface area contributed by atoms with Gasteiger partial charge >= 0.3 is 0 Å². The molecule has 0 radical (unpaired) electrons. The van der Waals surface area contributed by atoms with Crippen LogP contribution in [0.2, 0.25) is 0 Å². The summed E-state index contributed by atoms with van der Waals surface area (Å²) in [4.78, 5) is 12.0. The first-order chi connectivity index (χ1) is 6.61. The molecule has 74 valence electrons. The third-order valence-corrected chi connectivity index (χ3v) is 3.19. The molecule has 1 atom stereocenters. The SMILES string of the molecule is C=C(SC(C)C(C)=O)c1ccccc1. The molecule has 0 fully saturated rings. The number of ketones is 1. The van der Waals surface area contributed by atoms with E-state index in [0.717, 1.165) is 10.5 Å². The summed E-state index contributed by atoms with van der Waals surface area (Å²) in [6.45, 7) is 7.47. The second-order valence-corrected chi connectivity index (χ2v) is 4.60. The van der Waals surface area contributed by atoms with Gasteiger partial charge in [0.25, 0.3) is 0 Å². The minimum Gasteiger partial charge on any atom is -0.299 e. The Kier molecular flexibility index (Phi) is 3.96. The predicted molar refractivity (Wildman–Crippen MR) is 63.2 cm³/mol. The van der Waals surface area contributed by atoms with E-state index in [1.807, 2.05) is 37.3 Å². The third kappa shape index (κ3) is 3.04. The largest absolute Gasteiger partial charge is 0.299 e. The van der Waals surface area contributed by atoms with Crippen molar-refractivity contribution in [2.24, 2.45) is 0 Å². The van der Waals surface area contributed by atoms with Crippen molar-refractivity contribution in [3.63, 3.8) is 0 Å². The van der Waals surface area contributed by atoms with Crippen molar-refractivity contribution in [3.8, 4) is 0 Å². The van der Waals surface area contributed by atoms with Crippen LogP contribution in [0.5, 0.6) is 0 Å². The Labute approximate surface area is 89.2 Å². The highest BCUT2D eigenvalue weighted by Crippen LogP contribution is 2.29. The molecule has 0 bridgehead atoms. The lowest BCUT2D eigenvalue weighted by Crippen LogP contribution is -2.07. The molecule has 0 saturated carbocycles. The fourth-order valence-electron chi connectivity index (χ4n) is 0.988. The van der Waals surface area contributed by atoms with Crippen LogP contribution >= 0.6 is 11.8 Å². The van der Waals surface area contributed by atoms with Gasteiger partial charge in [-0.1, -0.05) is 36.9 Å². The molecule has 14 heavy (non-hydrogen) atoms. The monoisotopic (exact) mass is 206 g/mol. The maximum Gasteiger partial charge on any atom is 0.142 e. The van der Waals surface area contributed by atoms with Crippen LogP contribution in [0.3, 0.4) is 0 Å². The zero-order valence-corrected chi connectivity index (χ0v) is 9.30. The van der Waals surface area contributed by atoms with Gasteiger partial charge in [-0.3, -0.25) is 4.79 Å². The molecule has 1 aromatic rings. The lowest BCUT2D eigenvalue weighted by molar-refractivity contribution is -0.116. The van der Waals surface area contributed by atoms with E-state index in [4.69, 9.17) is 0 Å². The van der Waals surface area contributed by atoms with Gasteiger partial charge in [0.2, 0.25) is 0 Å². The number of Topliss-reactive ketones (excluding diaryl/α,β-unsaturated/α-hetero) is 1. The molecule has 2 heteroatoms. The lowest BCUT2D eigenvalue weighted by Gasteiger charge is -2.09. The topological polar surface area (TPSA) is 17.1 Å². The summed E-state index contributed by atoms with van der Waals surface area (Å²) in [6.07, 6.45) is 0. The average Bonchev–Trinajstić information content (AvgIpc) is 2.19. The maximum absolute atomic E-state index is 11.0. The second-order valence-electron chi connectivity index (χ2n) is 3.16. The van der Waals surface area contributed by atoms with Crippen LogP contribution in [0.25, 0.3) is 4.91 Å². The summed E-state index contributed by atoms with van der Waals surface area (Å²) in [7, 11) is 0. The van der Waals surface area contributed by atoms with E-state index in [1.54, 1.807) is 6.92 Å². The summed E-state index contributed by atoms with van der Waals surface area (Å²) in [5.74, 6) is 0.187. The molecule has 0 aromatic heterocycles. The van der Waals surface area contributed by atoms with Crippen molar-refractivity contribution in [1.82, 2.24) is 0 Å². The van der Waals surface area contributed by atoms with Crippen molar-refractivity contribution in [2.75, 3.05) is 0 Å². The highest BCUT2D eigenvalue weighted by Gasteiger charge is 2.10. The first kappa shape index (κ1) is 11.1. The second kappa shape index (κ2) is 5.01. The van der Waals surface area contributed by atoms with Crippen LogP contribution in [0.1, 0.15) is 19.4 Å². The fourth-order valence-corrected chi connectivity index (χ4v) is 1.85. The number of rotatable bonds is 4. The minimum atomic E-state index is -0.0114. The van der Waals surface area contributed by atoms with Crippen LogP contribution < -0.4 is 0 Å².